The fraction of sp³-hybridized carbons (Fsp3) is 0.273. The number of aliphatic carboxylic acids is 1. The summed E-state index contributed by atoms with van der Waals surface area (Å²) in [6, 6.07) is 20.6. The zero-order valence-corrected chi connectivity index (χ0v) is 22.1. The molecule has 0 aliphatic rings. The minimum atomic E-state index is -4.64. The average Bonchev–Trinajstić information content (AvgIpc) is 3.43. The van der Waals surface area contributed by atoms with Crippen molar-refractivity contribution in [1.29, 1.82) is 0 Å². The molecule has 0 spiro atoms. The van der Waals surface area contributed by atoms with Crippen LogP contribution in [0.15, 0.2) is 84.9 Å². The van der Waals surface area contributed by atoms with Gasteiger partial charge in [-0.05, 0) is 66.2 Å². The van der Waals surface area contributed by atoms with Crippen LogP contribution in [-0.2, 0) is 11.3 Å². The third-order valence-electron chi connectivity index (χ3n) is 5.94. The summed E-state index contributed by atoms with van der Waals surface area (Å²) < 4.78 is 99.7. The Balaban J connectivity index is 2.18. The monoisotopic (exact) mass is 568 g/mol. The number of carbonyl (C=O) groups is 2. The number of benzene rings is 3. The van der Waals surface area contributed by atoms with Crippen LogP contribution in [0.25, 0.3) is 22.4 Å². The highest BCUT2D eigenvalue weighted by atomic mass is 19.1. The van der Waals surface area contributed by atoms with E-state index in [0.29, 0.717) is 15.8 Å². The molecule has 7 nitrogen and oxygen atoms in total. The van der Waals surface area contributed by atoms with Gasteiger partial charge in [0.2, 0.25) is 0 Å². The zero-order chi connectivity index (χ0) is 38.5. The molecule has 3 aromatic carbocycles. The Hall–Kier alpha value is -4.27. The number of aromatic nitrogens is 1. The van der Waals surface area contributed by atoms with Crippen LogP contribution in [0.1, 0.15) is 68.6 Å². The lowest BCUT2D eigenvalue weighted by atomic mass is 9.94. The molecule has 0 saturated heterocycles. The van der Waals surface area contributed by atoms with Crippen molar-refractivity contribution in [3.63, 3.8) is 0 Å². The first kappa shape index (κ1) is 19.0. The molecular formula is C33H35FN2O5. The number of halogens is 1. The number of hydrogen-bond donors (Lipinski definition) is 4. The molecule has 214 valence electrons. The van der Waals surface area contributed by atoms with Gasteiger partial charge in [-0.3, -0.25) is 9.59 Å². The summed E-state index contributed by atoms with van der Waals surface area (Å²) >= 11 is 0. The molecule has 4 N–H and O–H groups in total. The molecule has 0 radical (unpaired) electrons. The highest BCUT2D eigenvalue weighted by Gasteiger charge is 2.31. The van der Waals surface area contributed by atoms with Crippen molar-refractivity contribution in [2.75, 3.05) is 5.32 Å². The minimum Gasteiger partial charge on any atom is -0.481 e. The second kappa shape index (κ2) is 13.4. The number of anilines is 1. The van der Waals surface area contributed by atoms with Crippen LogP contribution in [0, 0.1) is 5.82 Å². The van der Waals surface area contributed by atoms with E-state index in [4.69, 9.17) is 11.0 Å². The lowest BCUT2D eigenvalue weighted by Crippen LogP contribution is -2.22. The number of hydrogen-bond acceptors (Lipinski definition) is 4. The van der Waals surface area contributed by atoms with Gasteiger partial charge in [0.15, 0.2) is 0 Å². The third-order valence-corrected chi connectivity index (χ3v) is 5.94. The van der Waals surface area contributed by atoms with E-state index in [1.165, 1.54) is 26.0 Å². The molecule has 41 heavy (non-hydrogen) atoms. The molecule has 0 unspecified atom stereocenters. The highest BCUT2D eigenvalue weighted by Crippen LogP contribution is 2.42. The molecule has 0 saturated carbocycles. The number of nitrogens with zero attached hydrogens (tertiary/aromatic N) is 1. The van der Waals surface area contributed by atoms with Crippen molar-refractivity contribution in [2.24, 2.45) is 0 Å². The smallest absolute Gasteiger partial charge is 0.305 e. The quantitative estimate of drug-likeness (QED) is 0.160. The fourth-order valence-corrected chi connectivity index (χ4v) is 4.35. The van der Waals surface area contributed by atoms with E-state index in [0.717, 1.165) is 12.1 Å². The Morgan fingerprint density at radius 2 is 1.54 bits per heavy atom. The Morgan fingerprint density at radius 3 is 2.12 bits per heavy atom. The normalized spacial score (nSPS) is 19.3. The van der Waals surface area contributed by atoms with E-state index >= 15 is 0 Å². The minimum absolute atomic E-state index is 0.00486. The average molecular weight is 569 g/mol. The van der Waals surface area contributed by atoms with Crippen LogP contribution in [0.4, 0.5) is 10.1 Å². The van der Waals surface area contributed by atoms with Crippen molar-refractivity contribution >= 4 is 17.6 Å². The van der Waals surface area contributed by atoms with Crippen LogP contribution in [0.2, 0.25) is 0 Å². The Labute approximate surface area is 253 Å². The summed E-state index contributed by atoms with van der Waals surface area (Å²) in [5, 5.41) is 34.1. The number of para-hydroxylation sites is 1. The number of aliphatic hydroxyl groups is 2. The van der Waals surface area contributed by atoms with Gasteiger partial charge in [0.25, 0.3) is 5.91 Å². The van der Waals surface area contributed by atoms with E-state index in [1.54, 1.807) is 60.7 Å². The lowest BCUT2D eigenvalue weighted by molar-refractivity contribution is -0.139. The number of rotatable bonds is 12. The van der Waals surface area contributed by atoms with Gasteiger partial charge < -0.3 is 25.2 Å². The van der Waals surface area contributed by atoms with Gasteiger partial charge in [0.1, 0.15) is 5.82 Å². The van der Waals surface area contributed by atoms with Gasteiger partial charge in [0.05, 0.1) is 32.5 Å². The maximum atomic E-state index is 14.3. The topological polar surface area (TPSA) is 112 Å². The molecule has 1 aromatic heterocycles. The molecule has 2 atom stereocenters. The van der Waals surface area contributed by atoms with Crippen LogP contribution < -0.4 is 5.32 Å². The second-order valence-corrected chi connectivity index (χ2v) is 9.16. The predicted octanol–water partition coefficient (Wildman–Crippen LogP) is 6.31. The molecule has 4 aromatic rings. The van der Waals surface area contributed by atoms with E-state index < -0.39 is 61.4 Å². The lowest BCUT2D eigenvalue weighted by Gasteiger charge is -2.20. The van der Waals surface area contributed by atoms with E-state index in [-0.39, 0.29) is 28.1 Å². The highest BCUT2D eigenvalue weighted by molar-refractivity contribution is 6.12. The van der Waals surface area contributed by atoms with Gasteiger partial charge in [0, 0.05) is 34.4 Å². The third kappa shape index (κ3) is 7.28. The van der Waals surface area contributed by atoms with Crippen molar-refractivity contribution in [3.05, 3.63) is 102 Å². The van der Waals surface area contributed by atoms with Crippen LogP contribution in [0.5, 0.6) is 0 Å². The number of amides is 1. The van der Waals surface area contributed by atoms with Crippen molar-refractivity contribution in [1.82, 2.24) is 4.57 Å². The van der Waals surface area contributed by atoms with Gasteiger partial charge >= 0.3 is 5.97 Å². The molecule has 0 fully saturated rings. The van der Waals surface area contributed by atoms with Crippen molar-refractivity contribution in [3.8, 4) is 22.4 Å². The van der Waals surface area contributed by atoms with Gasteiger partial charge in [-0.2, -0.15) is 0 Å². The van der Waals surface area contributed by atoms with E-state index in [1.807, 2.05) is 0 Å². The molecule has 8 heteroatoms. The van der Waals surface area contributed by atoms with Gasteiger partial charge in [-0.25, -0.2) is 4.39 Å². The first-order valence-electron chi connectivity index (χ1n) is 17.5. The first-order chi connectivity index (χ1) is 23.4. The predicted molar refractivity (Wildman–Crippen MR) is 157 cm³/mol. The first-order valence-corrected chi connectivity index (χ1v) is 12.5. The van der Waals surface area contributed by atoms with Crippen LogP contribution >= 0.6 is 0 Å². The van der Waals surface area contributed by atoms with E-state index in [2.05, 4.69) is 5.32 Å². The Bertz CT molecular complexity index is 1920. The zero-order valence-electron chi connectivity index (χ0n) is 32.1. The van der Waals surface area contributed by atoms with Crippen molar-refractivity contribution < 1.29 is 43.0 Å². The fourth-order valence-electron chi connectivity index (χ4n) is 4.35. The molecule has 1 heterocycles. The Kier molecular flexibility index (Phi) is 6.19. The summed E-state index contributed by atoms with van der Waals surface area (Å²) in [7, 11) is 0. The molecule has 0 bridgehead atoms. The largest absolute Gasteiger partial charge is 0.481 e. The number of carbonyl (C=O) groups excluding carboxylic acids is 1. The summed E-state index contributed by atoms with van der Waals surface area (Å²) in [5.74, 6) is -4.99. The van der Waals surface area contributed by atoms with Crippen LogP contribution in [-0.4, -0.2) is 43.9 Å². The summed E-state index contributed by atoms with van der Waals surface area (Å²) in [5.41, 5.74) is -0.124. The van der Waals surface area contributed by atoms with Gasteiger partial charge in [-0.15, -0.1) is 0 Å². The molecule has 0 aliphatic heterocycles. The molecule has 4 rings (SSSR count). The second-order valence-electron chi connectivity index (χ2n) is 9.16. The Morgan fingerprint density at radius 1 is 0.927 bits per heavy atom. The van der Waals surface area contributed by atoms with Gasteiger partial charge in [-0.1, -0.05) is 62.4 Å². The number of nitrogens with one attached hydrogen (secondary N) is 1. The maximum Gasteiger partial charge on any atom is 0.305 e. The SMILES string of the molecule is [2H]C([2H])(n1c(-c2ccc(F)cc2)c(-c2ccccc2)c(C(=O)Nc2ccccc2)c1C(C)C)C([2H])([2H])[C@]([2H])(O)C([2H])([2H])[C@]([2H])(O)C([2H])([2H])C(=O)O. The standard InChI is InChI=1S/C33H35FN2O5/c1-21(2)31-30(33(41)35-25-11-7-4-8-12-25)29(22-9-5-3-6-10-22)32(23-13-15-24(34)16-14-23)36(31)18-17-26(37)19-27(38)20-28(39)40/h3-16,21,26-27,37-38H,17-20H2,1-2H3,(H,35,41)(H,39,40)/t26-,27-/m0/s1/i17D2,18D2,19D2,20D2,26D,27D. The summed E-state index contributed by atoms with van der Waals surface area (Å²) in [6.07, 6.45) is -22.4. The summed E-state index contributed by atoms with van der Waals surface area (Å²) in [6.45, 7) is -0.812. The molecule has 0 aliphatic carbocycles. The molecular weight excluding hydrogens is 523 g/mol. The summed E-state index contributed by atoms with van der Waals surface area (Å²) in [4.78, 5) is 25.9. The van der Waals surface area contributed by atoms with Crippen LogP contribution in [0.3, 0.4) is 0 Å². The number of carboxylic acid groups (broad SMARTS) is 1. The van der Waals surface area contributed by atoms with E-state index in [9.17, 15) is 32.0 Å². The molecule has 1 amide bonds. The number of carboxylic acids is 1. The maximum absolute atomic E-state index is 14.3. The van der Waals surface area contributed by atoms with Crippen molar-refractivity contribution in [2.45, 2.75) is 57.5 Å².